The fourth-order valence-corrected chi connectivity index (χ4v) is 5.90. The first-order chi connectivity index (χ1) is 13.7. The summed E-state index contributed by atoms with van der Waals surface area (Å²) in [6.07, 6.45) is 3.23. The molecule has 6 unspecified atom stereocenters. The predicted molar refractivity (Wildman–Crippen MR) is 105 cm³/mol. The van der Waals surface area contributed by atoms with Gasteiger partial charge in [-0.05, 0) is 46.5 Å². The van der Waals surface area contributed by atoms with E-state index in [0.717, 1.165) is 18.4 Å². The highest BCUT2D eigenvalue weighted by Crippen LogP contribution is 2.66. The second-order valence-electron chi connectivity index (χ2n) is 8.82. The average molecular weight is 402 g/mol. The van der Waals surface area contributed by atoms with Crippen LogP contribution in [0.2, 0.25) is 0 Å². The molecule has 158 valence electrons. The van der Waals surface area contributed by atoms with Gasteiger partial charge in [0.15, 0.2) is 0 Å². The molecular formula is C23H30O6. The molecule has 4 aliphatic rings. The Morgan fingerprint density at radius 1 is 1.38 bits per heavy atom. The molecule has 0 aromatic carbocycles. The van der Waals surface area contributed by atoms with Crippen LogP contribution in [0.1, 0.15) is 53.9 Å². The van der Waals surface area contributed by atoms with E-state index in [2.05, 4.69) is 13.5 Å². The van der Waals surface area contributed by atoms with Crippen LogP contribution in [0, 0.1) is 17.3 Å². The standard InChI is InChI=1S/C23H30O6/c1-7-12(3)20(24)28-16-10-9-15-11-23(26-8-2)17(13(4)21(25)29-23)19-22(15,6)18(16)14(5)27-19/h7,15-16,18-19H,5,8-11H2,1-4,6H3. The fourth-order valence-electron chi connectivity index (χ4n) is 5.90. The normalized spacial score (nSPS) is 40.9. The molecule has 1 saturated heterocycles. The molecule has 4 rings (SSSR count). The van der Waals surface area contributed by atoms with Gasteiger partial charge in [-0.3, -0.25) is 0 Å². The fraction of sp³-hybridized carbons (Fsp3) is 0.652. The molecule has 2 aliphatic heterocycles. The van der Waals surface area contributed by atoms with Crippen LogP contribution in [-0.4, -0.2) is 36.5 Å². The van der Waals surface area contributed by atoms with Gasteiger partial charge in [-0.15, -0.1) is 0 Å². The van der Waals surface area contributed by atoms with Crippen molar-refractivity contribution in [1.29, 1.82) is 0 Å². The average Bonchev–Trinajstić information content (AvgIpc) is 3.07. The van der Waals surface area contributed by atoms with Gasteiger partial charge in [0.05, 0.1) is 17.3 Å². The van der Waals surface area contributed by atoms with Crippen LogP contribution < -0.4 is 0 Å². The van der Waals surface area contributed by atoms with E-state index in [1.165, 1.54) is 0 Å². The Balaban J connectivity index is 1.74. The van der Waals surface area contributed by atoms with Gasteiger partial charge in [-0.1, -0.05) is 19.6 Å². The van der Waals surface area contributed by atoms with Gasteiger partial charge in [0, 0.05) is 29.6 Å². The molecule has 2 aliphatic carbocycles. The molecule has 3 fully saturated rings. The van der Waals surface area contributed by atoms with Crippen molar-refractivity contribution in [2.75, 3.05) is 6.61 Å². The van der Waals surface area contributed by atoms with E-state index in [-0.39, 0.29) is 41.4 Å². The van der Waals surface area contributed by atoms with E-state index in [1.54, 1.807) is 19.9 Å². The number of allylic oxidation sites excluding steroid dienone is 1. The van der Waals surface area contributed by atoms with Crippen molar-refractivity contribution >= 4 is 11.9 Å². The van der Waals surface area contributed by atoms with Gasteiger partial charge in [0.1, 0.15) is 12.2 Å². The first-order valence-corrected chi connectivity index (χ1v) is 10.5. The third-order valence-corrected chi connectivity index (χ3v) is 7.45. The second-order valence-corrected chi connectivity index (χ2v) is 8.82. The largest absolute Gasteiger partial charge is 0.490 e. The zero-order valence-electron chi connectivity index (χ0n) is 17.9. The highest BCUT2D eigenvalue weighted by atomic mass is 16.7. The molecule has 2 heterocycles. The Morgan fingerprint density at radius 2 is 2.10 bits per heavy atom. The van der Waals surface area contributed by atoms with Crippen LogP contribution in [0.5, 0.6) is 0 Å². The Hall–Kier alpha value is -2.08. The van der Waals surface area contributed by atoms with Crippen molar-refractivity contribution in [3.05, 3.63) is 35.1 Å². The number of carbonyl (C=O) groups excluding carboxylic acids is 2. The predicted octanol–water partition coefficient (Wildman–Crippen LogP) is 3.82. The quantitative estimate of drug-likeness (QED) is 0.526. The van der Waals surface area contributed by atoms with Crippen LogP contribution >= 0.6 is 0 Å². The Morgan fingerprint density at radius 3 is 2.76 bits per heavy atom. The summed E-state index contributed by atoms with van der Waals surface area (Å²) < 4.78 is 24.0. The maximum absolute atomic E-state index is 12.5. The number of hydrogen-bond donors (Lipinski definition) is 0. The number of rotatable bonds is 4. The van der Waals surface area contributed by atoms with Gasteiger partial charge in [-0.2, -0.15) is 0 Å². The molecule has 6 atom stereocenters. The van der Waals surface area contributed by atoms with Gasteiger partial charge in [0.2, 0.25) is 5.79 Å². The lowest BCUT2D eigenvalue weighted by molar-refractivity contribution is -0.236. The second kappa shape index (κ2) is 6.73. The van der Waals surface area contributed by atoms with Crippen LogP contribution in [-0.2, 0) is 28.5 Å². The minimum absolute atomic E-state index is 0.129. The smallest absolute Gasteiger partial charge is 0.336 e. The van der Waals surface area contributed by atoms with E-state index in [1.807, 2.05) is 13.8 Å². The van der Waals surface area contributed by atoms with Crippen LogP contribution in [0.15, 0.2) is 35.1 Å². The number of carbonyl (C=O) groups is 2. The number of hydrogen-bond acceptors (Lipinski definition) is 6. The molecule has 0 bridgehead atoms. The van der Waals surface area contributed by atoms with Gasteiger partial charge < -0.3 is 18.9 Å². The van der Waals surface area contributed by atoms with Crippen LogP contribution in [0.3, 0.4) is 0 Å². The number of esters is 2. The zero-order valence-corrected chi connectivity index (χ0v) is 17.9. The molecule has 0 radical (unpaired) electrons. The minimum atomic E-state index is -1.05. The maximum Gasteiger partial charge on any atom is 0.336 e. The Labute approximate surface area is 171 Å². The van der Waals surface area contributed by atoms with Crippen molar-refractivity contribution in [3.8, 4) is 0 Å². The summed E-state index contributed by atoms with van der Waals surface area (Å²) in [4.78, 5) is 24.9. The van der Waals surface area contributed by atoms with Crippen LogP contribution in [0.25, 0.3) is 0 Å². The third kappa shape index (κ3) is 2.64. The molecule has 0 aromatic heterocycles. The first-order valence-electron chi connectivity index (χ1n) is 10.5. The third-order valence-electron chi connectivity index (χ3n) is 7.45. The van der Waals surface area contributed by atoms with E-state index >= 15 is 0 Å². The molecule has 0 N–H and O–H groups in total. The monoisotopic (exact) mass is 402 g/mol. The Kier molecular flexibility index (Phi) is 4.69. The molecule has 29 heavy (non-hydrogen) atoms. The van der Waals surface area contributed by atoms with E-state index < -0.39 is 5.79 Å². The highest BCUT2D eigenvalue weighted by molar-refractivity contribution is 5.92. The van der Waals surface area contributed by atoms with Gasteiger partial charge in [0.25, 0.3) is 0 Å². The Bertz CT molecular complexity index is 838. The summed E-state index contributed by atoms with van der Waals surface area (Å²) >= 11 is 0. The number of ether oxygens (including phenoxy) is 4. The summed E-state index contributed by atoms with van der Waals surface area (Å²) in [5.41, 5.74) is 1.59. The minimum Gasteiger partial charge on any atom is -0.490 e. The lowest BCUT2D eigenvalue weighted by atomic mass is 9.52. The molecule has 2 saturated carbocycles. The SMILES string of the molecule is C=C1OC2C3=C(C)C(=O)OC3(OCC)CC3CCC(OC(=O)C(C)=CC)C1C32C. The maximum atomic E-state index is 12.5. The van der Waals surface area contributed by atoms with Gasteiger partial charge in [-0.25, -0.2) is 9.59 Å². The van der Waals surface area contributed by atoms with E-state index in [9.17, 15) is 9.59 Å². The summed E-state index contributed by atoms with van der Waals surface area (Å²) in [5, 5.41) is 0. The molecular weight excluding hydrogens is 372 g/mol. The van der Waals surface area contributed by atoms with E-state index in [4.69, 9.17) is 18.9 Å². The number of fused-ring (bicyclic) bond motifs is 2. The molecule has 6 heteroatoms. The topological polar surface area (TPSA) is 71.1 Å². The van der Waals surface area contributed by atoms with E-state index in [0.29, 0.717) is 29.9 Å². The van der Waals surface area contributed by atoms with Crippen molar-refractivity contribution in [1.82, 2.24) is 0 Å². The molecule has 6 nitrogen and oxygen atoms in total. The zero-order chi connectivity index (χ0) is 21.1. The molecule has 0 amide bonds. The van der Waals surface area contributed by atoms with Crippen molar-refractivity contribution in [2.24, 2.45) is 17.3 Å². The lowest BCUT2D eigenvalue weighted by Gasteiger charge is -2.54. The summed E-state index contributed by atoms with van der Waals surface area (Å²) in [6, 6.07) is 0. The lowest BCUT2D eigenvalue weighted by Crippen LogP contribution is -2.59. The molecule has 0 spiro atoms. The van der Waals surface area contributed by atoms with Crippen molar-refractivity contribution in [3.63, 3.8) is 0 Å². The molecule has 0 aromatic rings. The van der Waals surface area contributed by atoms with Crippen LogP contribution in [0.4, 0.5) is 0 Å². The summed E-state index contributed by atoms with van der Waals surface area (Å²) in [7, 11) is 0. The summed E-state index contributed by atoms with van der Waals surface area (Å²) in [6.45, 7) is 14.0. The highest BCUT2D eigenvalue weighted by Gasteiger charge is 2.71. The van der Waals surface area contributed by atoms with Crippen molar-refractivity contribution in [2.45, 2.75) is 71.9 Å². The van der Waals surface area contributed by atoms with Crippen molar-refractivity contribution < 1.29 is 28.5 Å². The summed E-state index contributed by atoms with van der Waals surface area (Å²) in [5.74, 6) is -1.01. The first kappa shape index (κ1) is 20.2. The van der Waals surface area contributed by atoms with Gasteiger partial charge >= 0.3 is 11.9 Å².